The molecule has 1 saturated heterocycles. The molecule has 0 bridgehead atoms. The Bertz CT molecular complexity index is 607. The zero-order chi connectivity index (χ0) is 18.6. The third kappa shape index (κ3) is 5.19. The highest BCUT2D eigenvalue weighted by Crippen LogP contribution is 2.21. The molecule has 2 amide bonds. The summed E-state index contributed by atoms with van der Waals surface area (Å²) in [5, 5.41) is 3.42. The van der Waals surface area contributed by atoms with Crippen molar-refractivity contribution in [2.75, 3.05) is 13.7 Å². The Labute approximate surface area is 149 Å². The number of carbonyl (C=O) groups is 2. The number of likely N-dealkylation sites (tertiary alicyclic amines) is 1. The molecule has 1 aromatic carbocycles. The van der Waals surface area contributed by atoms with Gasteiger partial charge in [-0.05, 0) is 44.9 Å². The summed E-state index contributed by atoms with van der Waals surface area (Å²) < 4.78 is 10.5. The van der Waals surface area contributed by atoms with E-state index in [9.17, 15) is 9.59 Å². The summed E-state index contributed by atoms with van der Waals surface area (Å²) in [4.78, 5) is 25.9. The number of carbonyl (C=O) groups excluding carboxylic acids is 2. The average molecular weight is 348 g/mol. The van der Waals surface area contributed by atoms with Gasteiger partial charge in [0.2, 0.25) is 5.91 Å². The third-order valence-electron chi connectivity index (χ3n) is 4.26. The monoisotopic (exact) mass is 348 g/mol. The fourth-order valence-electron chi connectivity index (χ4n) is 2.82. The van der Waals surface area contributed by atoms with Gasteiger partial charge in [-0.1, -0.05) is 19.1 Å². The minimum atomic E-state index is -0.607. The summed E-state index contributed by atoms with van der Waals surface area (Å²) in [7, 11) is 1.64. The van der Waals surface area contributed by atoms with E-state index >= 15 is 0 Å². The van der Waals surface area contributed by atoms with Crippen molar-refractivity contribution >= 4 is 12.0 Å². The van der Waals surface area contributed by atoms with Crippen LogP contribution < -0.4 is 10.1 Å². The van der Waals surface area contributed by atoms with Crippen molar-refractivity contribution in [1.82, 2.24) is 10.2 Å². The summed E-state index contributed by atoms with van der Waals surface area (Å²) in [6.45, 7) is 8.27. The highest BCUT2D eigenvalue weighted by molar-refractivity contribution is 5.94. The van der Waals surface area contributed by atoms with Crippen LogP contribution in [0, 0.1) is 5.92 Å². The van der Waals surface area contributed by atoms with Crippen LogP contribution in [0.1, 0.15) is 39.7 Å². The lowest BCUT2D eigenvalue weighted by Crippen LogP contribution is -2.54. The highest BCUT2D eigenvalue weighted by atomic mass is 16.6. The van der Waals surface area contributed by atoms with Crippen molar-refractivity contribution in [1.29, 1.82) is 0 Å². The Morgan fingerprint density at radius 2 is 1.92 bits per heavy atom. The van der Waals surface area contributed by atoms with Crippen LogP contribution in [0.5, 0.6) is 5.75 Å². The molecule has 0 aliphatic carbocycles. The van der Waals surface area contributed by atoms with Crippen LogP contribution in [-0.4, -0.2) is 42.2 Å². The molecule has 6 nitrogen and oxygen atoms in total. The van der Waals surface area contributed by atoms with Gasteiger partial charge in [0.15, 0.2) is 0 Å². The summed E-state index contributed by atoms with van der Waals surface area (Å²) in [5.74, 6) is 0.352. The molecule has 2 rings (SSSR count). The van der Waals surface area contributed by atoms with Crippen molar-refractivity contribution in [3.8, 4) is 5.75 Å². The molecule has 2 atom stereocenters. The van der Waals surface area contributed by atoms with Crippen LogP contribution in [0.2, 0.25) is 0 Å². The van der Waals surface area contributed by atoms with Crippen molar-refractivity contribution in [3.05, 3.63) is 29.8 Å². The molecule has 1 aliphatic rings. The summed E-state index contributed by atoms with van der Waals surface area (Å²) in [5.41, 5.74) is 0.513. The number of methoxy groups -OCH3 is 1. The zero-order valence-electron chi connectivity index (χ0n) is 15.7. The minimum Gasteiger partial charge on any atom is -0.497 e. The predicted molar refractivity (Wildman–Crippen MR) is 95.3 cm³/mol. The van der Waals surface area contributed by atoms with E-state index < -0.39 is 11.7 Å². The fourth-order valence-corrected chi connectivity index (χ4v) is 2.82. The molecule has 25 heavy (non-hydrogen) atoms. The van der Waals surface area contributed by atoms with Crippen LogP contribution in [0.4, 0.5) is 4.79 Å². The Morgan fingerprint density at radius 3 is 2.48 bits per heavy atom. The molecule has 0 saturated carbocycles. The van der Waals surface area contributed by atoms with Crippen LogP contribution in [0.3, 0.4) is 0 Å². The molecule has 2 unspecified atom stereocenters. The first kappa shape index (κ1) is 19.2. The normalized spacial score (nSPS) is 21.2. The van der Waals surface area contributed by atoms with Gasteiger partial charge in [0.25, 0.3) is 0 Å². The number of hydrogen-bond acceptors (Lipinski definition) is 5. The van der Waals surface area contributed by atoms with Gasteiger partial charge in [-0.15, -0.1) is 0 Å². The van der Waals surface area contributed by atoms with Crippen LogP contribution in [-0.2, 0) is 16.1 Å². The van der Waals surface area contributed by atoms with Gasteiger partial charge in [0.05, 0.1) is 13.0 Å². The van der Waals surface area contributed by atoms with Crippen molar-refractivity contribution in [2.45, 2.75) is 52.3 Å². The van der Waals surface area contributed by atoms with E-state index in [-0.39, 0.29) is 17.9 Å². The largest absolute Gasteiger partial charge is 0.497 e. The first-order valence-corrected chi connectivity index (χ1v) is 8.62. The smallest absolute Gasteiger partial charge is 0.417 e. The molecule has 1 aliphatic heterocycles. The van der Waals surface area contributed by atoms with E-state index in [1.54, 1.807) is 27.9 Å². The molecule has 138 valence electrons. The highest BCUT2D eigenvalue weighted by Gasteiger charge is 2.38. The molecule has 1 heterocycles. The third-order valence-corrected chi connectivity index (χ3v) is 4.26. The van der Waals surface area contributed by atoms with E-state index in [2.05, 4.69) is 5.32 Å². The van der Waals surface area contributed by atoms with Crippen molar-refractivity contribution in [2.24, 2.45) is 5.92 Å². The minimum absolute atomic E-state index is 0.0355. The number of benzene rings is 1. The standard InChI is InChI=1S/C19H28N2O4/c1-13-16(20-12-14-6-8-15(24-5)9-7-14)10-11-21(17(13)22)18(23)25-19(2,3)4/h6-9,13,16,20H,10-12H2,1-5H3. The van der Waals surface area contributed by atoms with E-state index in [0.29, 0.717) is 19.5 Å². The van der Waals surface area contributed by atoms with Crippen LogP contribution in [0.25, 0.3) is 0 Å². The summed E-state index contributed by atoms with van der Waals surface area (Å²) in [6.07, 6.45) is 0.153. The maximum atomic E-state index is 12.5. The number of hydrogen-bond donors (Lipinski definition) is 1. The first-order valence-electron chi connectivity index (χ1n) is 8.62. The lowest BCUT2D eigenvalue weighted by Gasteiger charge is -2.36. The van der Waals surface area contributed by atoms with E-state index in [1.165, 1.54) is 4.90 Å². The Kier molecular flexibility index (Phi) is 6.06. The second-order valence-electron chi connectivity index (χ2n) is 7.38. The average Bonchev–Trinajstić information content (AvgIpc) is 2.55. The number of piperidine rings is 1. The summed E-state index contributed by atoms with van der Waals surface area (Å²) >= 11 is 0. The van der Waals surface area contributed by atoms with Crippen LogP contribution in [0.15, 0.2) is 24.3 Å². The van der Waals surface area contributed by atoms with E-state index in [4.69, 9.17) is 9.47 Å². The van der Waals surface area contributed by atoms with E-state index in [1.807, 2.05) is 31.2 Å². The number of imide groups is 1. The van der Waals surface area contributed by atoms with Gasteiger partial charge >= 0.3 is 6.09 Å². The van der Waals surface area contributed by atoms with Crippen molar-refractivity contribution < 1.29 is 19.1 Å². The number of ether oxygens (including phenoxy) is 2. The Balaban J connectivity index is 1.91. The quantitative estimate of drug-likeness (QED) is 0.906. The van der Waals surface area contributed by atoms with Gasteiger partial charge in [-0.25, -0.2) is 9.69 Å². The predicted octanol–water partition coefficient (Wildman–Crippen LogP) is 2.96. The van der Waals surface area contributed by atoms with Gasteiger partial charge < -0.3 is 14.8 Å². The molecule has 1 N–H and O–H groups in total. The number of amides is 2. The molecule has 0 spiro atoms. The second-order valence-corrected chi connectivity index (χ2v) is 7.38. The molecule has 1 aromatic rings. The van der Waals surface area contributed by atoms with Gasteiger partial charge in [-0.3, -0.25) is 4.79 Å². The summed E-state index contributed by atoms with van der Waals surface area (Å²) in [6, 6.07) is 7.85. The molecular formula is C19H28N2O4. The first-order chi connectivity index (χ1) is 11.7. The number of rotatable bonds is 4. The fraction of sp³-hybridized carbons (Fsp3) is 0.579. The molecule has 0 radical (unpaired) electrons. The Hall–Kier alpha value is -2.08. The van der Waals surface area contributed by atoms with Crippen molar-refractivity contribution in [3.63, 3.8) is 0 Å². The molecule has 0 aromatic heterocycles. The molecular weight excluding hydrogens is 320 g/mol. The van der Waals surface area contributed by atoms with E-state index in [0.717, 1.165) is 11.3 Å². The lowest BCUT2D eigenvalue weighted by atomic mass is 9.93. The zero-order valence-corrected chi connectivity index (χ0v) is 15.7. The lowest BCUT2D eigenvalue weighted by molar-refractivity contribution is -0.137. The maximum absolute atomic E-state index is 12.5. The molecule has 1 fully saturated rings. The maximum Gasteiger partial charge on any atom is 0.417 e. The second kappa shape index (κ2) is 7.87. The van der Waals surface area contributed by atoms with Crippen LogP contribution >= 0.6 is 0 Å². The molecule has 6 heteroatoms. The number of nitrogens with one attached hydrogen (secondary N) is 1. The van der Waals surface area contributed by atoms with Gasteiger partial charge in [-0.2, -0.15) is 0 Å². The topological polar surface area (TPSA) is 67.9 Å². The Morgan fingerprint density at radius 1 is 1.28 bits per heavy atom. The van der Waals surface area contributed by atoms with Gasteiger partial charge in [0.1, 0.15) is 11.4 Å². The van der Waals surface area contributed by atoms with Gasteiger partial charge in [0, 0.05) is 19.1 Å². The number of nitrogens with zero attached hydrogens (tertiary/aromatic N) is 1. The SMILES string of the molecule is COc1ccc(CNC2CCN(C(=O)OC(C)(C)C)C(=O)C2C)cc1.